The van der Waals surface area contributed by atoms with Crippen LogP contribution in [0.25, 0.3) is 0 Å². The second kappa shape index (κ2) is 28.6. The Morgan fingerprint density at radius 3 is 1.21 bits per heavy atom. The topological polar surface area (TPSA) is 0 Å². The van der Waals surface area contributed by atoms with Crippen LogP contribution in [-0.4, -0.2) is 0 Å². The fourth-order valence-corrected chi connectivity index (χ4v) is 28.7. The zero-order chi connectivity index (χ0) is 62.4. The fourth-order valence-electron chi connectivity index (χ4n) is 28.7. The molecule has 0 amide bonds. The molecule has 0 aliphatic heterocycles. The Morgan fingerprint density at radius 2 is 0.782 bits per heavy atom. The summed E-state index contributed by atoms with van der Waals surface area (Å²) >= 11 is 0. The molecule has 0 aromatic heterocycles. The molecule has 0 spiro atoms. The summed E-state index contributed by atoms with van der Waals surface area (Å²) in [6.45, 7) is 45.9. The molecule has 87 heavy (non-hydrogen) atoms. The molecule has 26 atom stereocenters. The number of allylic oxidation sites excluding steroid dienone is 2. The van der Waals surface area contributed by atoms with Gasteiger partial charge in [0.2, 0.25) is 0 Å². The SMILES string of the molecule is CC(C)CCC[C@@H](C)[C@H]1CC[C@H]2[C@@H]3CC=C4C[C@H](C)CC[C@]4(C)[C@H]3CC[C@]12C.CCC[C@H]1CC[C@@]2(C)[C@@H](CC[C@@H]3[C@@H]2CC[C@]2(C)[C@@H]([C@H](C)CCCC(C)C)CC[C@@H]32)C1.CC[C@H]1CC[C@@]2(C)[C@@H](CC[C@@H]3[C@@H]2CC[C@]2(C)[C@@H]([C@H](C)CCCC(C)C)CC[C@@H]32)C1. The quantitative estimate of drug-likeness (QED) is 0.120. The van der Waals surface area contributed by atoms with Crippen LogP contribution in [-0.2, 0) is 0 Å². The molecular weight excluding hydrogens is 1040 g/mol. The summed E-state index contributed by atoms with van der Waals surface area (Å²) in [4.78, 5) is 0. The highest BCUT2D eigenvalue weighted by atomic mass is 14.7. The highest BCUT2D eigenvalue weighted by Gasteiger charge is 2.63. The van der Waals surface area contributed by atoms with Crippen molar-refractivity contribution in [3.05, 3.63) is 11.6 Å². The Morgan fingerprint density at radius 1 is 0.391 bits per heavy atom. The van der Waals surface area contributed by atoms with E-state index in [0.29, 0.717) is 32.5 Å². The standard InChI is InChI=1S/C30H54.C29H52.C28H48/c1-7-9-23-16-18-29(5)24(20-23)12-13-25-27-15-14-26(22(4)11-8-10-21(2)3)30(27,6)19-17-28(25)29;1-7-22-15-17-28(5)23(19-22)11-12-24-26-14-13-25(21(4)10-8-9-20(2)3)29(26,6)18-16-27(24)28;1-19(2)8-7-9-21(4)24-12-13-25-23-11-10-22-18-20(3)14-16-27(22,5)26(23)15-17-28(24,25)6/h21-28H,7-20H2,1-6H3;20-27H,7-19H2,1-6H3;10,19-21,23-26H,7-9,11-18H2,1-6H3/t22-,23+,24+,25+,26-,27+,28+,29+,30-;21-,22+,23+,24+,25-,26+,27+,28+,29-;20-,21-,23+,24-,25+,26+,27+,28-/m111/s1. The van der Waals surface area contributed by atoms with Crippen LogP contribution in [0.2, 0.25) is 0 Å². The van der Waals surface area contributed by atoms with E-state index in [-0.39, 0.29) is 0 Å². The van der Waals surface area contributed by atoms with Crippen LogP contribution >= 0.6 is 0 Å². The van der Waals surface area contributed by atoms with Gasteiger partial charge in [-0.1, -0.05) is 213 Å². The van der Waals surface area contributed by atoms with Crippen LogP contribution in [0.15, 0.2) is 11.6 Å². The van der Waals surface area contributed by atoms with E-state index in [1.165, 1.54) is 135 Å². The van der Waals surface area contributed by atoms with Crippen LogP contribution in [0, 0.1) is 169 Å². The molecule has 12 rings (SSSR count). The number of fused-ring (bicyclic) bond motifs is 15. The normalized spacial score (nSPS) is 47.2. The van der Waals surface area contributed by atoms with Crippen molar-refractivity contribution in [1.82, 2.24) is 0 Å². The van der Waals surface area contributed by atoms with Crippen molar-refractivity contribution in [3.8, 4) is 0 Å². The maximum absolute atomic E-state index is 2.76. The molecule has 11 fully saturated rings. The van der Waals surface area contributed by atoms with E-state index in [0.717, 1.165) is 136 Å². The number of rotatable bonds is 18. The van der Waals surface area contributed by atoms with Gasteiger partial charge < -0.3 is 0 Å². The van der Waals surface area contributed by atoms with Crippen LogP contribution in [0.3, 0.4) is 0 Å². The first-order valence-electron chi connectivity index (χ1n) is 41.0. The summed E-state index contributed by atoms with van der Waals surface area (Å²) < 4.78 is 0. The van der Waals surface area contributed by atoms with Gasteiger partial charge in [0.25, 0.3) is 0 Å². The monoisotopic (exact) mass is 1200 g/mol. The molecule has 0 heteroatoms. The van der Waals surface area contributed by atoms with E-state index < -0.39 is 0 Å². The van der Waals surface area contributed by atoms with Gasteiger partial charge in [-0.05, 0) is 336 Å². The summed E-state index contributed by atoms with van der Waals surface area (Å²) in [6.07, 6.45) is 60.1. The molecule has 502 valence electrons. The molecule has 12 aliphatic carbocycles. The van der Waals surface area contributed by atoms with E-state index in [2.05, 4.69) is 131 Å². The van der Waals surface area contributed by atoms with E-state index in [1.807, 2.05) is 5.57 Å². The molecule has 0 aromatic carbocycles. The lowest BCUT2D eigenvalue weighted by molar-refractivity contribution is -0.121. The van der Waals surface area contributed by atoms with Crippen molar-refractivity contribution in [2.24, 2.45) is 169 Å². The van der Waals surface area contributed by atoms with Gasteiger partial charge in [0, 0.05) is 0 Å². The summed E-state index contributed by atoms with van der Waals surface area (Å²) in [5.74, 6) is 23.0. The van der Waals surface area contributed by atoms with Crippen molar-refractivity contribution in [3.63, 3.8) is 0 Å². The zero-order valence-corrected chi connectivity index (χ0v) is 62.2. The van der Waals surface area contributed by atoms with Crippen molar-refractivity contribution in [2.75, 3.05) is 0 Å². The molecule has 11 saturated carbocycles. The van der Waals surface area contributed by atoms with Gasteiger partial charge in [-0.3, -0.25) is 0 Å². The Bertz CT molecular complexity index is 2170. The van der Waals surface area contributed by atoms with Gasteiger partial charge in [-0.15, -0.1) is 0 Å². The molecular formula is C87H154. The van der Waals surface area contributed by atoms with E-state index >= 15 is 0 Å². The molecule has 0 saturated heterocycles. The van der Waals surface area contributed by atoms with Gasteiger partial charge in [-0.25, -0.2) is 0 Å². The third kappa shape index (κ3) is 13.8. The fraction of sp³-hybridized carbons (Fsp3) is 0.977. The molecule has 0 heterocycles. The highest BCUT2D eigenvalue weighted by molar-refractivity contribution is 5.25. The Labute approximate surface area is 545 Å². The zero-order valence-electron chi connectivity index (χ0n) is 62.2. The molecule has 0 N–H and O–H groups in total. The average molecular weight is 1200 g/mol. The smallest absolute Gasteiger partial charge is 0.00851 e. The maximum atomic E-state index is 2.76. The minimum absolute atomic E-state index is 0.553. The summed E-state index contributed by atoms with van der Waals surface area (Å²) in [7, 11) is 0. The van der Waals surface area contributed by atoms with E-state index in [4.69, 9.17) is 0 Å². The van der Waals surface area contributed by atoms with Gasteiger partial charge in [0.15, 0.2) is 0 Å². The van der Waals surface area contributed by atoms with Gasteiger partial charge >= 0.3 is 0 Å². The lowest BCUT2D eigenvalue weighted by atomic mass is 9.44. The first kappa shape index (κ1) is 69.6. The second-order valence-electron chi connectivity index (χ2n) is 39.5. The van der Waals surface area contributed by atoms with Crippen molar-refractivity contribution in [2.45, 2.75) is 369 Å². The Kier molecular flexibility index (Phi) is 22.9. The lowest BCUT2D eigenvalue weighted by Crippen LogP contribution is -2.53. The first-order chi connectivity index (χ1) is 41.3. The molecule has 0 bridgehead atoms. The minimum atomic E-state index is 0.553. The van der Waals surface area contributed by atoms with Crippen LogP contribution in [0.1, 0.15) is 369 Å². The average Bonchev–Trinajstić information content (AvgIpc) is 1.73. The molecule has 0 unspecified atom stereocenters. The molecule has 12 aliphatic rings. The number of hydrogen-bond donors (Lipinski definition) is 0. The third-order valence-electron chi connectivity index (χ3n) is 33.8. The van der Waals surface area contributed by atoms with Crippen LogP contribution in [0.5, 0.6) is 0 Å². The first-order valence-corrected chi connectivity index (χ1v) is 41.0. The second-order valence-corrected chi connectivity index (χ2v) is 39.5. The van der Waals surface area contributed by atoms with E-state index in [9.17, 15) is 0 Å². The van der Waals surface area contributed by atoms with Crippen molar-refractivity contribution >= 4 is 0 Å². The van der Waals surface area contributed by atoms with Crippen LogP contribution in [0.4, 0.5) is 0 Å². The lowest BCUT2D eigenvalue weighted by Gasteiger charge is -2.61. The largest absolute Gasteiger partial charge is 0.0845 e. The Balaban J connectivity index is 0.000000145. The van der Waals surface area contributed by atoms with E-state index in [1.54, 1.807) is 109 Å². The van der Waals surface area contributed by atoms with Gasteiger partial charge in [0.05, 0.1) is 0 Å². The summed E-state index contributed by atoms with van der Waals surface area (Å²) in [5, 5.41) is 0. The number of hydrogen-bond acceptors (Lipinski definition) is 0. The predicted molar refractivity (Wildman–Crippen MR) is 381 cm³/mol. The van der Waals surface area contributed by atoms with Crippen LogP contribution < -0.4 is 0 Å². The molecule has 0 radical (unpaired) electrons. The Hall–Kier alpha value is -0.260. The van der Waals surface area contributed by atoms with Crippen molar-refractivity contribution in [1.29, 1.82) is 0 Å². The molecule has 0 nitrogen and oxygen atoms in total. The summed E-state index contributed by atoms with van der Waals surface area (Å²) in [5.41, 5.74) is 5.78. The maximum Gasteiger partial charge on any atom is -0.00851 e. The summed E-state index contributed by atoms with van der Waals surface area (Å²) in [6, 6.07) is 0. The third-order valence-corrected chi connectivity index (χ3v) is 33.8. The van der Waals surface area contributed by atoms with Gasteiger partial charge in [-0.2, -0.15) is 0 Å². The van der Waals surface area contributed by atoms with Crippen molar-refractivity contribution < 1.29 is 0 Å². The predicted octanol–water partition coefficient (Wildman–Crippen LogP) is 27.3. The minimum Gasteiger partial charge on any atom is -0.0845 e. The van der Waals surface area contributed by atoms with Gasteiger partial charge in [0.1, 0.15) is 0 Å². The highest BCUT2D eigenvalue weighted by Crippen LogP contribution is 2.72. The molecule has 0 aromatic rings.